The Labute approximate surface area is 141 Å². The molecule has 6 heteroatoms. The predicted molar refractivity (Wildman–Crippen MR) is 87.7 cm³/mol. The van der Waals surface area contributed by atoms with E-state index in [1.54, 1.807) is 0 Å². The van der Waals surface area contributed by atoms with Crippen molar-refractivity contribution in [3.63, 3.8) is 0 Å². The van der Waals surface area contributed by atoms with Gasteiger partial charge in [-0.2, -0.15) is 0 Å². The fourth-order valence-corrected chi connectivity index (χ4v) is 3.31. The van der Waals surface area contributed by atoms with Gasteiger partial charge in [0.2, 0.25) is 5.91 Å². The number of benzene rings is 1. The van der Waals surface area contributed by atoms with Gasteiger partial charge in [-0.05, 0) is 49.9 Å². The summed E-state index contributed by atoms with van der Waals surface area (Å²) in [5.74, 6) is -1.79. The van der Waals surface area contributed by atoms with Gasteiger partial charge in [0.25, 0.3) is 0 Å². The summed E-state index contributed by atoms with van der Waals surface area (Å²) in [5, 5.41) is 6.29. The Hall–Kier alpha value is -1.20. The minimum Gasteiger partial charge on any atom is -0.355 e. The van der Waals surface area contributed by atoms with Crippen molar-refractivity contribution >= 4 is 18.3 Å². The van der Waals surface area contributed by atoms with Crippen molar-refractivity contribution in [1.82, 2.24) is 10.6 Å². The van der Waals surface area contributed by atoms with Gasteiger partial charge in [0, 0.05) is 23.9 Å². The Morgan fingerprint density at radius 2 is 1.91 bits per heavy atom. The first kappa shape index (κ1) is 18.1. The van der Waals surface area contributed by atoms with Crippen LogP contribution in [0.3, 0.4) is 0 Å². The lowest BCUT2D eigenvalue weighted by Gasteiger charge is -2.34. The topological polar surface area (TPSA) is 41.1 Å². The fourth-order valence-electron chi connectivity index (χ4n) is 3.31. The van der Waals surface area contributed by atoms with Crippen LogP contribution in [0.1, 0.15) is 37.7 Å². The molecule has 1 aromatic carbocycles. The smallest absolute Gasteiger partial charge is 0.223 e. The van der Waals surface area contributed by atoms with Crippen molar-refractivity contribution in [3.05, 3.63) is 35.4 Å². The van der Waals surface area contributed by atoms with Crippen molar-refractivity contribution in [1.29, 1.82) is 0 Å². The molecule has 2 unspecified atom stereocenters. The lowest BCUT2D eigenvalue weighted by molar-refractivity contribution is -0.123. The van der Waals surface area contributed by atoms with Gasteiger partial charge in [-0.15, -0.1) is 12.4 Å². The average Bonchev–Trinajstić information content (AvgIpc) is 3.26. The second-order valence-electron chi connectivity index (χ2n) is 6.86. The van der Waals surface area contributed by atoms with E-state index in [0.717, 1.165) is 25.9 Å². The molecular formula is C17H23ClF2N2O. The highest BCUT2D eigenvalue weighted by Crippen LogP contribution is 2.49. The van der Waals surface area contributed by atoms with Crippen LogP contribution in [0.4, 0.5) is 8.78 Å². The molecule has 1 heterocycles. The van der Waals surface area contributed by atoms with Crippen molar-refractivity contribution in [2.45, 2.75) is 32.1 Å². The summed E-state index contributed by atoms with van der Waals surface area (Å²) in [6.07, 6.45) is 2.59. The number of hydrogen-bond acceptors (Lipinski definition) is 2. The number of rotatable bonds is 4. The second-order valence-corrected chi connectivity index (χ2v) is 6.86. The van der Waals surface area contributed by atoms with E-state index in [-0.39, 0.29) is 41.1 Å². The summed E-state index contributed by atoms with van der Waals surface area (Å²) >= 11 is 0. The number of hydrogen-bond donors (Lipinski definition) is 2. The lowest BCUT2D eigenvalue weighted by atomic mass is 9.81. The molecule has 0 radical (unpaired) electrons. The van der Waals surface area contributed by atoms with Crippen LogP contribution in [0.5, 0.6) is 0 Å². The van der Waals surface area contributed by atoms with Crippen LogP contribution in [0.15, 0.2) is 18.2 Å². The van der Waals surface area contributed by atoms with E-state index in [1.807, 2.05) is 0 Å². The zero-order valence-electron chi connectivity index (χ0n) is 13.2. The quantitative estimate of drug-likeness (QED) is 0.881. The molecule has 1 saturated carbocycles. The monoisotopic (exact) mass is 344 g/mol. The van der Waals surface area contributed by atoms with Gasteiger partial charge in [-0.25, -0.2) is 8.78 Å². The Kier molecular flexibility index (Phi) is 5.63. The Morgan fingerprint density at radius 3 is 2.52 bits per heavy atom. The summed E-state index contributed by atoms with van der Waals surface area (Å²) in [6.45, 7) is 4.75. The van der Waals surface area contributed by atoms with Crippen LogP contribution in [0, 0.1) is 23.0 Å². The minimum absolute atomic E-state index is 0. The SMILES string of the molecule is CC1(CNC(=O)C2CC2c2c(F)cccc2F)CCNCC1.Cl. The Morgan fingerprint density at radius 1 is 1.30 bits per heavy atom. The van der Waals surface area contributed by atoms with Gasteiger partial charge in [-0.3, -0.25) is 4.79 Å². The maximum atomic E-state index is 13.7. The number of carbonyl (C=O) groups is 1. The normalized spacial score (nSPS) is 25.3. The zero-order chi connectivity index (χ0) is 15.7. The molecule has 2 fully saturated rings. The molecule has 0 spiro atoms. The molecule has 1 aromatic rings. The molecule has 23 heavy (non-hydrogen) atoms. The van der Waals surface area contributed by atoms with Crippen LogP contribution in [0.25, 0.3) is 0 Å². The highest BCUT2D eigenvalue weighted by atomic mass is 35.5. The van der Waals surface area contributed by atoms with Crippen LogP contribution in [-0.4, -0.2) is 25.5 Å². The standard InChI is InChI=1S/C17H22F2N2O.ClH/c1-17(5-7-20-8-6-17)10-21-16(22)12-9-11(12)15-13(18)3-2-4-14(15)19;/h2-4,11-12,20H,5-10H2,1H3,(H,21,22);1H. The van der Waals surface area contributed by atoms with Crippen LogP contribution >= 0.6 is 12.4 Å². The summed E-state index contributed by atoms with van der Waals surface area (Å²) in [5.41, 5.74) is 0.185. The fraction of sp³-hybridized carbons (Fsp3) is 0.588. The number of halogens is 3. The number of carbonyl (C=O) groups excluding carboxylic acids is 1. The number of amides is 1. The van der Waals surface area contributed by atoms with Crippen molar-refractivity contribution < 1.29 is 13.6 Å². The lowest BCUT2D eigenvalue weighted by Crippen LogP contribution is -2.43. The third-order valence-electron chi connectivity index (χ3n) is 5.00. The largest absolute Gasteiger partial charge is 0.355 e. The molecular weight excluding hydrogens is 322 g/mol. The Balaban J connectivity index is 0.00000192. The van der Waals surface area contributed by atoms with E-state index in [2.05, 4.69) is 17.6 Å². The van der Waals surface area contributed by atoms with E-state index in [1.165, 1.54) is 18.2 Å². The summed E-state index contributed by atoms with van der Waals surface area (Å²) in [7, 11) is 0. The maximum absolute atomic E-state index is 13.7. The zero-order valence-corrected chi connectivity index (χ0v) is 14.0. The molecule has 0 bridgehead atoms. The van der Waals surface area contributed by atoms with E-state index in [4.69, 9.17) is 0 Å². The molecule has 0 aromatic heterocycles. The highest BCUT2D eigenvalue weighted by molar-refractivity contribution is 5.85. The van der Waals surface area contributed by atoms with Crippen molar-refractivity contribution in [3.8, 4) is 0 Å². The molecule has 1 amide bonds. The van der Waals surface area contributed by atoms with Crippen molar-refractivity contribution in [2.75, 3.05) is 19.6 Å². The van der Waals surface area contributed by atoms with E-state index < -0.39 is 11.6 Å². The third kappa shape index (κ3) is 4.01. The third-order valence-corrected chi connectivity index (χ3v) is 5.00. The molecule has 128 valence electrons. The molecule has 3 nitrogen and oxygen atoms in total. The summed E-state index contributed by atoms with van der Waals surface area (Å²) in [4.78, 5) is 12.2. The van der Waals surface area contributed by atoms with E-state index in [0.29, 0.717) is 13.0 Å². The number of nitrogens with one attached hydrogen (secondary N) is 2. The first-order valence-electron chi connectivity index (χ1n) is 7.92. The Bertz CT molecular complexity index is 555. The average molecular weight is 345 g/mol. The van der Waals surface area contributed by atoms with Crippen LogP contribution < -0.4 is 10.6 Å². The van der Waals surface area contributed by atoms with Crippen LogP contribution in [-0.2, 0) is 4.79 Å². The van der Waals surface area contributed by atoms with E-state index in [9.17, 15) is 13.6 Å². The summed E-state index contributed by atoms with van der Waals surface area (Å²) < 4.78 is 27.5. The van der Waals surface area contributed by atoms with E-state index >= 15 is 0 Å². The van der Waals surface area contributed by atoms with Gasteiger partial charge >= 0.3 is 0 Å². The summed E-state index contributed by atoms with van der Waals surface area (Å²) in [6, 6.07) is 3.85. The molecule has 1 aliphatic heterocycles. The molecule has 3 rings (SSSR count). The van der Waals surface area contributed by atoms with Gasteiger partial charge in [0.05, 0.1) is 0 Å². The second kappa shape index (κ2) is 7.14. The minimum atomic E-state index is -0.550. The van der Waals surface area contributed by atoms with Gasteiger partial charge < -0.3 is 10.6 Å². The molecule has 1 saturated heterocycles. The van der Waals surface area contributed by atoms with Gasteiger partial charge in [-0.1, -0.05) is 13.0 Å². The predicted octanol–water partition coefficient (Wildman–Crippen LogP) is 3.00. The van der Waals surface area contributed by atoms with Crippen LogP contribution in [0.2, 0.25) is 0 Å². The molecule has 1 aliphatic carbocycles. The van der Waals surface area contributed by atoms with Gasteiger partial charge in [0.15, 0.2) is 0 Å². The first-order chi connectivity index (χ1) is 10.5. The van der Waals surface area contributed by atoms with Gasteiger partial charge in [0.1, 0.15) is 11.6 Å². The highest BCUT2D eigenvalue weighted by Gasteiger charge is 2.46. The first-order valence-corrected chi connectivity index (χ1v) is 7.92. The molecule has 2 N–H and O–H groups in total. The molecule has 2 aliphatic rings. The molecule has 2 atom stereocenters. The van der Waals surface area contributed by atoms with Crippen molar-refractivity contribution in [2.24, 2.45) is 11.3 Å². The maximum Gasteiger partial charge on any atom is 0.223 e. The number of piperidine rings is 1.